The highest BCUT2D eigenvalue weighted by atomic mass is 19.1. The summed E-state index contributed by atoms with van der Waals surface area (Å²) in [7, 11) is 1.91. The van der Waals surface area contributed by atoms with Crippen molar-refractivity contribution >= 4 is 5.69 Å². The van der Waals surface area contributed by atoms with Crippen LogP contribution < -0.4 is 9.64 Å². The quantitative estimate of drug-likeness (QED) is 0.767. The number of likely N-dealkylation sites (N-methyl/N-ethyl adjacent to an activating group) is 1. The Morgan fingerprint density at radius 1 is 1.62 bits per heavy atom. The largest absolute Gasteiger partial charge is 0.486 e. The minimum absolute atomic E-state index is 0.147. The number of fused-ring (bicyclic) bond motifs is 1. The van der Waals surface area contributed by atoms with Crippen LogP contribution in [0, 0.1) is 17.1 Å². The van der Waals surface area contributed by atoms with Crippen LogP contribution in [0.3, 0.4) is 0 Å². The number of halogens is 1. The summed E-state index contributed by atoms with van der Waals surface area (Å²) >= 11 is 0. The summed E-state index contributed by atoms with van der Waals surface area (Å²) in [5.74, 6) is -0.0127. The molecule has 0 saturated carbocycles. The molecule has 0 aliphatic carbocycles. The SMILES string of the molecule is CN1c2cccc(F)c2OCC1CCC#N. The Bertz CT molecular complexity index is 428. The monoisotopic (exact) mass is 220 g/mol. The van der Waals surface area contributed by atoms with E-state index in [2.05, 4.69) is 6.07 Å². The molecule has 0 N–H and O–H groups in total. The van der Waals surface area contributed by atoms with E-state index < -0.39 is 0 Å². The highest BCUT2D eigenvalue weighted by Crippen LogP contribution is 2.35. The molecule has 0 bridgehead atoms. The molecule has 4 heteroatoms. The normalized spacial score (nSPS) is 18.6. The van der Waals surface area contributed by atoms with Gasteiger partial charge in [0.15, 0.2) is 11.6 Å². The van der Waals surface area contributed by atoms with E-state index in [1.165, 1.54) is 6.07 Å². The third kappa shape index (κ3) is 1.81. The third-order valence-corrected chi connectivity index (χ3v) is 2.88. The molecule has 1 aliphatic heterocycles. The lowest BCUT2D eigenvalue weighted by atomic mass is 10.1. The van der Waals surface area contributed by atoms with E-state index in [1.807, 2.05) is 18.0 Å². The van der Waals surface area contributed by atoms with Gasteiger partial charge in [-0.25, -0.2) is 4.39 Å². The molecule has 1 aromatic carbocycles. The van der Waals surface area contributed by atoms with E-state index in [-0.39, 0.29) is 11.9 Å². The first-order valence-electron chi connectivity index (χ1n) is 5.25. The van der Waals surface area contributed by atoms with Crippen LogP contribution in [0.5, 0.6) is 5.75 Å². The van der Waals surface area contributed by atoms with Crippen molar-refractivity contribution in [3.63, 3.8) is 0 Å². The number of benzene rings is 1. The lowest BCUT2D eigenvalue weighted by Crippen LogP contribution is -2.40. The van der Waals surface area contributed by atoms with Crippen molar-refractivity contribution in [3.05, 3.63) is 24.0 Å². The van der Waals surface area contributed by atoms with E-state index in [0.717, 1.165) is 12.1 Å². The number of para-hydroxylation sites is 1. The number of nitriles is 1. The molecule has 1 atom stereocenters. The number of nitrogens with zero attached hydrogens (tertiary/aromatic N) is 2. The molecular weight excluding hydrogens is 207 g/mol. The number of hydrogen-bond acceptors (Lipinski definition) is 3. The van der Waals surface area contributed by atoms with E-state index in [0.29, 0.717) is 18.8 Å². The highest BCUT2D eigenvalue weighted by Gasteiger charge is 2.26. The Morgan fingerprint density at radius 3 is 3.19 bits per heavy atom. The van der Waals surface area contributed by atoms with Crippen molar-refractivity contribution in [2.75, 3.05) is 18.6 Å². The van der Waals surface area contributed by atoms with Crippen LogP contribution in [0.2, 0.25) is 0 Å². The zero-order chi connectivity index (χ0) is 11.5. The van der Waals surface area contributed by atoms with Gasteiger partial charge in [0.25, 0.3) is 0 Å². The molecule has 1 unspecified atom stereocenters. The van der Waals surface area contributed by atoms with Gasteiger partial charge in [-0.2, -0.15) is 5.26 Å². The van der Waals surface area contributed by atoms with Gasteiger partial charge in [-0.15, -0.1) is 0 Å². The molecule has 0 saturated heterocycles. The second kappa shape index (κ2) is 4.40. The van der Waals surface area contributed by atoms with Crippen LogP contribution in [-0.2, 0) is 0 Å². The standard InChI is InChI=1S/C12H13FN2O/c1-15-9(4-3-7-14)8-16-12-10(13)5-2-6-11(12)15/h2,5-6,9H,3-4,8H2,1H3. The number of hydrogen-bond donors (Lipinski definition) is 0. The summed E-state index contributed by atoms with van der Waals surface area (Å²) in [6, 6.07) is 7.15. The maximum atomic E-state index is 13.4. The zero-order valence-corrected chi connectivity index (χ0v) is 9.11. The predicted molar refractivity (Wildman–Crippen MR) is 58.9 cm³/mol. The molecule has 1 aliphatic rings. The van der Waals surface area contributed by atoms with E-state index in [1.54, 1.807) is 6.07 Å². The Balaban J connectivity index is 2.22. The van der Waals surface area contributed by atoms with Gasteiger partial charge >= 0.3 is 0 Å². The van der Waals surface area contributed by atoms with Crippen molar-refractivity contribution in [2.24, 2.45) is 0 Å². The minimum atomic E-state index is -0.330. The van der Waals surface area contributed by atoms with Gasteiger partial charge in [-0.3, -0.25) is 0 Å². The molecule has 0 amide bonds. The molecule has 0 fully saturated rings. The third-order valence-electron chi connectivity index (χ3n) is 2.88. The summed E-state index contributed by atoms with van der Waals surface area (Å²) in [5, 5.41) is 8.55. The van der Waals surface area contributed by atoms with Crippen molar-refractivity contribution in [3.8, 4) is 11.8 Å². The van der Waals surface area contributed by atoms with Crippen LogP contribution in [0.15, 0.2) is 18.2 Å². The fourth-order valence-electron chi connectivity index (χ4n) is 1.91. The van der Waals surface area contributed by atoms with Crippen molar-refractivity contribution < 1.29 is 9.13 Å². The van der Waals surface area contributed by atoms with Gasteiger partial charge in [0.05, 0.1) is 17.8 Å². The summed E-state index contributed by atoms with van der Waals surface area (Å²) in [6.45, 7) is 0.437. The molecule has 3 nitrogen and oxygen atoms in total. The Labute approximate surface area is 94.0 Å². The first-order valence-corrected chi connectivity index (χ1v) is 5.25. The zero-order valence-electron chi connectivity index (χ0n) is 9.11. The Morgan fingerprint density at radius 2 is 2.44 bits per heavy atom. The van der Waals surface area contributed by atoms with Crippen molar-refractivity contribution in [1.29, 1.82) is 5.26 Å². The molecule has 1 heterocycles. The van der Waals surface area contributed by atoms with Crippen LogP contribution in [0.25, 0.3) is 0 Å². The van der Waals surface area contributed by atoms with Crippen LogP contribution in [0.1, 0.15) is 12.8 Å². The second-order valence-corrected chi connectivity index (χ2v) is 3.86. The molecule has 16 heavy (non-hydrogen) atoms. The van der Waals surface area contributed by atoms with Crippen molar-refractivity contribution in [2.45, 2.75) is 18.9 Å². The van der Waals surface area contributed by atoms with Gasteiger partial charge in [0.2, 0.25) is 0 Å². The van der Waals surface area contributed by atoms with E-state index >= 15 is 0 Å². The summed E-state index contributed by atoms with van der Waals surface area (Å²) < 4.78 is 18.8. The lowest BCUT2D eigenvalue weighted by molar-refractivity contribution is 0.249. The molecular formula is C12H13FN2O. The molecule has 2 rings (SSSR count). The van der Waals surface area contributed by atoms with Gasteiger partial charge in [-0.1, -0.05) is 6.07 Å². The summed E-state index contributed by atoms with van der Waals surface area (Å²) in [4.78, 5) is 1.99. The smallest absolute Gasteiger partial charge is 0.178 e. The van der Waals surface area contributed by atoms with Crippen LogP contribution >= 0.6 is 0 Å². The Kier molecular flexibility index (Phi) is 2.95. The highest BCUT2D eigenvalue weighted by molar-refractivity contribution is 5.60. The average Bonchev–Trinajstić information content (AvgIpc) is 2.29. The maximum absolute atomic E-state index is 13.4. The summed E-state index contributed by atoms with van der Waals surface area (Å²) in [5.41, 5.74) is 0.759. The molecule has 0 aromatic heterocycles. The predicted octanol–water partition coefficient (Wildman–Crippen LogP) is 2.33. The van der Waals surface area contributed by atoms with E-state index in [4.69, 9.17) is 10.00 Å². The second-order valence-electron chi connectivity index (χ2n) is 3.86. The maximum Gasteiger partial charge on any atom is 0.178 e. The topological polar surface area (TPSA) is 36.3 Å². The number of rotatable bonds is 2. The molecule has 84 valence electrons. The van der Waals surface area contributed by atoms with Gasteiger partial charge in [0, 0.05) is 13.5 Å². The first-order chi connectivity index (χ1) is 7.74. The van der Waals surface area contributed by atoms with Gasteiger partial charge in [-0.05, 0) is 18.6 Å². The first kappa shape index (κ1) is 10.7. The molecule has 0 radical (unpaired) electrons. The Hall–Kier alpha value is -1.76. The van der Waals surface area contributed by atoms with E-state index in [9.17, 15) is 4.39 Å². The summed E-state index contributed by atoms with van der Waals surface area (Å²) in [6.07, 6.45) is 1.23. The molecule has 1 aromatic rings. The van der Waals surface area contributed by atoms with Crippen LogP contribution in [0.4, 0.5) is 10.1 Å². The molecule has 0 spiro atoms. The average molecular weight is 220 g/mol. The number of anilines is 1. The minimum Gasteiger partial charge on any atom is -0.486 e. The lowest BCUT2D eigenvalue weighted by Gasteiger charge is -2.35. The number of ether oxygens (including phenoxy) is 1. The van der Waals surface area contributed by atoms with Crippen LogP contribution in [-0.4, -0.2) is 19.7 Å². The van der Waals surface area contributed by atoms with Gasteiger partial charge in [0.1, 0.15) is 6.61 Å². The van der Waals surface area contributed by atoms with Gasteiger partial charge < -0.3 is 9.64 Å². The fraction of sp³-hybridized carbons (Fsp3) is 0.417. The van der Waals surface area contributed by atoms with Crippen molar-refractivity contribution in [1.82, 2.24) is 0 Å². The fourth-order valence-corrected chi connectivity index (χ4v) is 1.91.